The van der Waals surface area contributed by atoms with Crippen LogP contribution in [0.25, 0.3) is 0 Å². The lowest BCUT2D eigenvalue weighted by atomic mass is 9.86. The summed E-state index contributed by atoms with van der Waals surface area (Å²) in [7, 11) is 6.42. The summed E-state index contributed by atoms with van der Waals surface area (Å²) in [6.45, 7) is 1.48. The van der Waals surface area contributed by atoms with Gasteiger partial charge in [-0.1, -0.05) is 0 Å². The standard InChI is InChI=1S/C9H18NO2/c1-7(11)12-9-6-5-8(9)10(2,3)4/h8-9H,5-6H2,1-4H3/q+1/t8-,9-/m1/s1. The van der Waals surface area contributed by atoms with Crippen molar-refractivity contribution in [3.8, 4) is 0 Å². The van der Waals surface area contributed by atoms with E-state index in [9.17, 15) is 4.79 Å². The molecular formula is C9H18NO2+. The zero-order chi connectivity index (χ0) is 9.35. The molecule has 0 bridgehead atoms. The van der Waals surface area contributed by atoms with Crippen molar-refractivity contribution in [1.82, 2.24) is 0 Å². The molecule has 0 heterocycles. The summed E-state index contributed by atoms with van der Waals surface area (Å²) in [4.78, 5) is 10.7. The molecule has 12 heavy (non-hydrogen) atoms. The SMILES string of the molecule is CC(=O)O[C@@H]1CC[C@H]1[N+](C)(C)C. The number of carbonyl (C=O) groups is 1. The van der Waals surface area contributed by atoms with Gasteiger partial charge in [-0.25, -0.2) is 0 Å². The van der Waals surface area contributed by atoms with Crippen LogP contribution in [0.5, 0.6) is 0 Å². The van der Waals surface area contributed by atoms with Gasteiger partial charge in [-0.2, -0.15) is 0 Å². The van der Waals surface area contributed by atoms with Crippen LogP contribution in [-0.2, 0) is 9.53 Å². The monoisotopic (exact) mass is 172 g/mol. The molecule has 2 atom stereocenters. The van der Waals surface area contributed by atoms with Gasteiger partial charge in [0.15, 0.2) is 6.10 Å². The number of likely N-dealkylation sites (N-methyl/N-ethyl adjacent to an activating group) is 1. The number of rotatable bonds is 2. The fraction of sp³-hybridized carbons (Fsp3) is 0.889. The van der Waals surface area contributed by atoms with Crippen molar-refractivity contribution in [3.63, 3.8) is 0 Å². The van der Waals surface area contributed by atoms with Crippen molar-refractivity contribution >= 4 is 5.97 Å². The van der Waals surface area contributed by atoms with Gasteiger partial charge >= 0.3 is 5.97 Å². The summed E-state index contributed by atoms with van der Waals surface area (Å²) < 4.78 is 6.06. The van der Waals surface area contributed by atoms with E-state index in [0.29, 0.717) is 6.04 Å². The average molecular weight is 172 g/mol. The Labute approximate surface area is 73.9 Å². The van der Waals surface area contributed by atoms with Crippen LogP contribution in [0, 0.1) is 0 Å². The molecule has 0 aliphatic heterocycles. The van der Waals surface area contributed by atoms with E-state index in [2.05, 4.69) is 21.1 Å². The Bertz CT molecular complexity index is 183. The maximum absolute atomic E-state index is 10.7. The molecule has 1 aliphatic carbocycles. The second-order valence-corrected chi connectivity index (χ2v) is 4.41. The topological polar surface area (TPSA) is 26.3 Å². The maximum atomic E-state index is 10.7. The molecule has 0 unspecified atom stereocenters. The van der Waals surface area contributed by atoms with E-state index in [1.54, 1.807) is 0 Å². The number of ether oxygens (including phenoxy) is 1. The molecule has 0 aromatic heterocycles. The molecule has 1 fully saturated rings. The van der Waals surface area contributed by atoms with Crippen molar-refractivity contribution in [1.29, 1.82) is 0 Å². The van der Waals surface area contributed by atoms with E-state index in [0.717, 1.165) is 10.9 Å². The Kier molecular flexibility index (Phi) is 2.42. The highest BCUT2D eigenvalue weighted by Gasteiger charge is 2.42. The number of carbonyl (C=O) groups excluding carboxylic acids is 1. The fourth-order valence-corrected chi connectivity index (χ4v) is 1.69. The minimum absolute atomic E-state index is 0.154. The van der Waals surface area contributed by atoms with Crippen LogP contribution in [0.15, 0.2) is 0 Å². The highest BCUT2D eigenvalue weighted by Crippen LogP contribution is 2.30. The Morgan fingerprint density at radius 1 is 1.33 bits per heavy atom. The molecule has 0 radical (unpaired) electrons. The Morgan fingerprint density at radius 2 is 1.92 bits per heavy atom. The first-order valence-electron chi connectivity index (χ1n) is 4.39. The van der Waals surface area contributed by atoms with Crippen molar-refractivity contribution < 1.29 is 14.0 Å². The number of nitrogens with zero attached hydrogens (tertiary/aromatic N) is 1. The van der Waals surface area contributed by atoms with Gasteiger partial charge in [0.05, 0.1) is 21.1 Å². The van der Waals surface area contributed by atoms with E-state index in [4.69, 9.17) is 4.74 Å². The van der Waals surface area contributed by atoms with Gasteiger partial charge in [0, 0.05) is 13.3 Å². The highest BCUT2D eigenvalue weighted by molar-refractivity contribution is 5.66. The van der Waals surface area contributed by atoms with E-state index in [-0.39, 0.29) is 12.1 Å². The van der Waals surface area contributed by atoms with E-state index in [1.807, 2.05) is 0 Å². The third-order valence-corrected chi connectivity index (χ3v) is 2.49. The molecule has 1 saturated carbocycles. The second-order valence-electron chi connectivity index (χ2n) is 4.41. The lowest BCUT2D eigenvalue weighted by molar-refractivity contribution is -0.905. The van der Waals surface area contributed by atoms with E-state index in [1.165, 1.54) is 13.3 Å². The molecular weight excluding hydrogens is 154 g/mol. The number of esters is 1. The first kappa shape index (κ1) is 9.52. The molecule has 3 nitrogen and oxygen atoms in total. The minimum atomic E-state index is -0.154. The predicted octanol–water partition coefficient (Wildman–Crippen LogP) is 0.787. The Morgan fingerprint density at radius 3 is 2.17 bits per heavy atom. The van der Waals surface area contributed by atoms with Crippen LogP contribution >= 0.6 is 0 Å². The van der Waals surface area contributed by atoms with Gasteiger partial charge in [0.1, 0.15) is 6.04 Å². The highest BCUT2D eigenvalue weighted by atomic mass is 16.5. The molecule has 1 rings (SSSR count). The molecule has 0 aromatic rings. The fourth-order valence-electron chi connectivity index (χ4n) is 1.69. The predicted molar refractivity (Wildman–Crippen MR) is 46.6 cm³/mol. The molecule has 0 N–H and O–H groups in total. The molecule has 0 aromatic carbocycles. The van der Waals surface area contributed by atoms with Crippen molar-refractivity contribution in [3.05, 3.63) is 0 Å². The number of quaternary nitrogens is 1. The summed E-state index contributed by atoms with van der Waals surface area (Å²) in [5.74, 6) is -0.154. The first-order chi connectivity index (χ1) is 5.41. The molecule has 1 aliphatic rings. The molecule has 70 valence electrons. The normalized spacial score (nSPS) is 29.3. The van der Waals surface area contributed by atoms with Crippen LogP contribution in [-0.4, -0.2) is 43.7 Å². The Hall–Kier alpha value is -0.570. The smallest absolute Gasteiger partial charge is 0.303 e. The van der Waals surface area contributed by atoms with Crippen LogP contribution in [0.1, 0.15) is 19.8 Å². The molecule has 0 saturated heterocycles. The van der Waals surface area contributed by atoms with Gasteiger partial charge in [-0.3, -0.25) is 4.79 Å². The summed E-state index contributed by atoms with van der Waals surface area (Å²) >= 11 is 0. The summed E-state index contributed by atoms with van der Waals surface area (Å²) in [6, 6.07) is 0.494. The summed E-state index contributed by atoms with van der Waals surface area (Å²) in [6.07, 6.45) is 2.35. The van der Waals surface area contributed by atoms with Crippen LogP contribution in [0.2, 0.25) is 0 Å². The van der Waals surface area contributed by atoms with Gasteiger partial charge < -0.3 is 9.22 Å². The van der Waals surface area contributed by atoms with Crippen LogP contribution in [0.3, 0.4) is 0 Å². The first-order valence-corrected chi connectivity index (χ1v) is 4.39. The van der Waals surface area contributed by atoms with E-state index < -0.39 is 0 Å². The quantitative estimate of drug-likeness (QED) is 0.454. The summed E-state index contributed by atoms with van der Waals surface area (Å²) in [5.41, 5.74) is 0. The zero-order valence-corrected chi connectivity index (χ0v) is 8.33. The Balaban J connectivity index is 2.44. The second kappa shape index (κ2) is 3.05. The van der Waals surface area contributed by atoms with Crippen molar-refractivity contribution in [2.45, 2.75) is 31.9 Å². The average Bonchev–Trinajstić information content (AvgIpc) is 1.75. The lowest BCUT2D eigenvalue weighted by Gasteiger charge is -2.44. The van der Waals surface area contributed by atoms with Gasteiger partial charge in [-0.15, -0.1) is 0 Å². The van der Waals surface area contributed by atoms with E-state index >= 15 is 0 Å². The number of hydrogen-bond donors (Lipinski definition) is 0. The molecule has 0 amide bonds. The minimum Gasteiger partial charge on any atom is -0.456 e. The van der Waals surface area contributed by atoms with Crippen LogP contribution in [0.4, 0.5) is 0 Å². The zero-order valence-electron chi connectivity index (χ0n) is 8.33. The van der Waals surface area contributed by atoms with Gasteiger partial charge in [-0.05, 0) is 6.42 Å². The number of hydrogen-bond acceptors (Lipinski definition) is 2. The third-order valence-electron chi connectivity index (χ3n) is 2.49. The van der Waals surface area contributed by atoms with Gasteiger partial charge in [0.2, 0.25) is 0 Å². The molecule has 0 spiro atoms. The third kappa shape index (κ3) is 1.97. The molecule has 3 heteroatoms. The van der Waals surface area contributed by atoms with Crippen LogP contribution < -0.4 is 0 Å². The van der Waals surface area contributed by atoms with Crippen molar-refractivity contribution in [2.75, 3.05) is 21.1 Å². The van der Waals surface area contributed by atoms with Gasteiger partial charge in [0.25, 0.3) is 0 Å². The van der Waals surface area contributed by atoms with Crippen molar-refractivity contribution in [2.24, 2.45) is 0 Å². The summed E-state index contributed by atoms with van der Waals surface area (Å²) in [5, 5.41) is 0. The maximum Gasteiger partial charge on any atom is 0.303 e. The lowest BCUT2D eigenvalue weighted by Crippen LogP contribution is -2.58. The largest absolute Gasteiger partial charge is 0.456 e.